The Balaban J connectivity index is 4.75. The van der Waals surface area contributed by atoms with Crippen molar-refractivity contribution in [3.8, 4) is 0 Å². The number of aliphatic carboxylic acids is 2. The lowest BCUT2D eigenvalue weighted by Crippen LogP contribution is -2.36. The molecule has 0 rings (SSSR count). The third-order valence-corrected chi connectivity index (χ3v) is 1.75. The standard InChI is InChI=1S/C7H10O5/c1-4(8)7(2,6(11)12)3-5(9)10/h3H2,1-2H3,(H,9,10)(H,11,12). The smallest absolute Gasteiger partial charge is 0.317 e. The monoisotopic (exact) mass is 174 g/mol. The largest absolute Gasteiger partial charge is 0.481 e. The molecule has 5 heteroatoms. The normalized spacial score (nSPS) is 14.8. The predicted octanol–water partition coefficient (Wildman–Crippen LogP) is 0.141. The van der Waals surface area contributed by atoms with Crippen LogP contribution in [0, 0.1) is 5.41 Å². The number of ketones is 1. The quantitative estimate of drug-likeness (QED) is 0.591. The molecule has 0 saturated carbocycles. The summed E-state index contributed by atoms with van der Waals surface area (Å²) >= 11 is 0. The zero-order valence-corrected chi connectivity index (χ0v) is 6.83. The topological polar surface area (TPSA) is 91.7 Å². The van der Waals surface area contributed by atoms with Gasteiger partial charge in [-0.05, 0) is 13.8 Å². The molecule has 0 aromatic carbocycles. The van der Waals surface area contributed by atoms with Gasteiger partial charge in [-0.3, -0.25) is 14.4 Å². The minimum absolute atomic E-state index is 0.655. The molecule has 0 saturated heterocycles. The third kappa shape index (κ3) is 2.05. The lowest BCUT2D eigenvalue weighted by atomic mass is 9.83. The molecule has 0 aliphatic carbocycles. The molecule has 2 N–H and O–H groups in total. The van der Waals surface area contributed by atoms with E-state index in [-0.39, 0.29) is 0 Å². The molecular weight excluding hydrogens is 164 g/mol. The molecule has 0 aromatic rings. The molecule has 68 valence electrons. The minimum atomic E-state index is -1.80. The van der Waals surface area contributed by atoms with E-state index < -0.39 is 29.6 Å². The number of hydrogen-bond acceptors (Lipinski definition) is 3. The molecule has 0 amide bonds. The fraction of sp³-hybridized carbons (Fsp3) is 0.571. The fourth-order valence-corrected chi connectivity index (χ4v) is 0.653. The summed E-state index contributed by atoms with van der Waals surface area (Å²) in [7, 11) is 0. The SMILES string of the molecule is CC(=O)C(C)(CC(=O)O)C(=O)O. The Morgan fingerprint density at radius 1 is 1.25 bits per heavy atom. The van der Waals surface area contributed by atoms with Crippen molar-refractivity contribution in [1.29, 1.82) is 0 Å². The van der Waals surface area contributed by atoms with Gasteiger partial charge in [-0.15, -0.1) is 0 Å². The van der Waals surface area contributed by atoms with Crippen LogP contribution in [0.5, 0.6) is 0 Å². The zero-order chi connectivity index (χ0) is 9.94. The average molecular weight is 174 g/mol. The van der Waals surface area contributed by atoms with E-state index in [4.69, 9.17) is 10.2 Å². The van der Waals surface area contributed by atoms with Gasteiger partial charge in [-0.25, -0.2) is 0 Å². The summed E-state index contributed by atoms with van der Waals surface area (Å²) in [6.07, 6.45) is -0.683. The van der Waals surface area contributed by atoms with Gasteiger partial charge in [0.05, 0.1) is 6.42 Å². The van der Waals surface area contributed by atoms with Crippen LogP contribution < -0.4 is 0 Å². The molecule has 0 fully saturated rings. The first-order valence-corrected chi connectivity index (χ1v) is 3.27. The highest BCUT2D eigenvalue weighted by Gasteiger charge is 2.40. The molecule has 0 heterocycles. The number of rotatable bonds is 4. The van der Waals surface area contributed by atoms with Crippen LogP contribution in [-0.2, 0) is 14.4 Å². The highest BCUT2D eigenvalue weighted by Crippen LogP contribution is 2.22. The second-order valence-electron chi connectivity index (χ2n) is 2.76. The number of hydrogen-bond donors (Lipinski definition) is 2. The second kappa shape index (κ2) is 3.34. The van der Waals surface area contributed by atoms with Crippen molar-refractivity contribution in [3.05, 3.63) is 0 Å². The maximum absolute atomic E-state index is 10.8. The van der Waals surface area contributed by atoms with Gasteiger partial charge in [0, 0.05) is 0 Å². The van der Waals surface area contributed by atoms with Crippen LogP contribution in [0.1, 0.15) is 20.3 Å². The van der Waals surface area contributed by atoms with Gasteiger partial charge in [0.15, 0.2) is 0 Å². The highest BCUT2D eigenvalue weighted by molar-refractivity contribution is 6.03. The van der Waals surface area contributed by atoms with Gasteiger partial charge in [-0.1, -0.05) is 0 Å². The Kier molecular flexibility index (Phi) is 2.95. The van der Waals surface area contributed by atoms with Crippen molar-refractivity contribution in [2.75, 3.05) is 0 Å². The Morgan fingerprint density at radius 2 is 1.67 bits per heavy atom. The Bertz CT molecular complexity index is 216. The number of carboxylic acid groups (broad SMARTS) is 2. The molecule has 5 nitrogen and oxygen atoms in total. The van der Waals surface area contributed by atoms with E-state index in [1.807, 2.05) is 0 Å². The minimum Gasteiger partial charge on any atom is -0.481 e. The molecule has 0 spiro atoms. The van der Waals surface area contributed by atoms with Gasteiger partial charge >= 0.3 is 11.9 Å². The van der Waals surface area contributed by atoms with Crippen LogP contribution in [0.15, 0.2) is 0 Å². The second-order valence-corrected chi connectivity index (χ2v) is 2.76. The molecular formula is C7H10O5. The Hall–Kier alpha value is -1.39. The highest BCUT2D eigenvalue weighted by atomic mass is 16.4. The van der Waals surface area contributed by atoms with Crippen LogP contribution >= 0.6 is 0 Å². The van der Waals surface area contributed by atoms with Crippen molar-refractivity contribution < 1.29 is 24.6 Å². The maximum Gasteiger partial charge on any atom is 0.317 e. The summed E-state index contributed by atoms with van der Waals surface area (Å²) in [5, 5.41) is 16.9. The van der Waals surface area contributed by atoms with Crippen molar-refractivity contribution in [2.45, 2.75) is 20.3 Å². The van der Waals surface area contributed by atoms with Crippen LogP contribution in [0.3, 0.4) is 0 Å². The van der Waals surface area contributed by atoms with Crippen molar-refractivity contribution in [2.24, 2.45) is 5.41 Å². The lowest BCUT2D eigenvalue weighted by molar-refractivity contribution is -0.159. The average Bonchev–Trinajstić information content (AvgIpc) is 1.84. The van der Waals surface area contributed by atoms with Gasteiger partial charge in [-0.2, -0.15) is 0 Å². The van der Waals surface area contributed by atoms with Gasteiger partial charge in [0.1, 0.15) is 11.2 Å². The molecule has 12 heavy (non-hydrogen) atoms. The summed E-state index contributed by atoms with van der Waals surface area (Å²) in [4.78, 5) is 31.5. The molecule has 1 unspecified atom stereocenters. The number of carbonyl (C=O) groups excluding carboxylic acids is 1. The van der Waals surface area contributed by atoms with Crippen LogP contribution in [0.2, 0.25) is 0 Å². The van der Waals surface area contributed by atoms with E-state index in [1.54, 1.807) is 0 Å². The molecule has 1 atom stereocenters. The predicted molar refractivity (Wildman–Crippen MR) is 38.7 cm³/mol. The third-order valence-electron chi connectivity index (χ3n) is 1.75. The molecule has 0 bridgehead atoms. The summed E-state index contributed by atoms with van der Waals surface area (Å²) in [5.41, 5.74) is -1.80. The number of carboxylic acids is 2. The van der Waals surface area contributed by atoms with E-state index in [9.17, 15) is 14.4 Å². The first kappa shape index (κ1) is 10.6. The van der Waals surface area contributed by atoms with E-state index in [0.717, 1.165) is 13.8 Å². The zero-order valence-electron chi connectivity index (χ0n) is 6.83. The van der Waals surface area contributed by atoms with Gasteiger partial charge in [0.2, 0.25) is 0 Å². The van der Waals surface area contributed by atoms with Gasteiger partial charge in [0.25, 0.3) is 0 Å². The van der Waals surface area contributed by atoms with Crippen molar-refractivity contribution in [3.63, 3.8) is 0 Å². The van der Waals surface area contributed by atoms with Crippen molar-refractivity contribution in [1.82, 2.24) is 0 Å². The Labute approximate surface area is 69.0 Å². The number of Topliss-reactive ketones (excluding diaryl/α,β-unsaturated/α-hetero) is 1. The van der Waals surface area contributed by atoms with Crippen LogP contribution in [-0.4, -0.2) is 27.9 Å². The molecule has 0 aromatic heterocycles. The molecule has 0 aliphatic rings. The first-order chi connectivity index (χ1) is 5.30. The van der Waals surface area contributed by atoms with Gasteiger partial charge < -0.3 is 10.2 Å². The maximum atomic E-state index is 10.8. The fourth-order valence-electron chi connectivity index (χ4n) is 0.653. The summed E-state index contributed by atoms with van der Waals surface area (Å²) in [5.74, 6) is -3.36. The number of carbonyl (C=O) groups is 3. The summed E-state index contributed by atoms with van der Waals surface area (Å²) < 4.78 is 0. The first-order valence-electron chi connectivity index (χ1n) is 3.27. The summed E-state index contributed by atoms with van der Waals surface area (Å²) in [6, 6.07) is 0. The van der Waals surface area contributed by atoms with Crippen LogP contribution in [0.25, 0.3) is 0 Å². The molecule has 0 aliphatic heterocycles. The van der Waals surface area contributed by atoms with E-state index >= 15 is 0 Å². The van der Waals surface area contributed by atoms with E-state index in [1.165, 1.54) is 0 Å². The van der Waals surface area contributed by atoms with Crippen LogP contribution in [0.4, 0.5) is 0 Å². The summed E-state index contributed by atoms with van der Waals surface area (Å²) in [6.45, 7) is 2.17. The van der Waals surface area contributed by atoms with Crippen molar-refractivity contribution >= 4 is 17.7 Å². The lowest BCUT2D eigenvalue weighted by Gasteiger charge is -2.18. The Morgan fingerprint density at radius 3 is 1.75 bits per heavy atom. The van der Waals surface area contributed by atoms with E-state index in [2.05, 4.69) is 0 Å². The van der Waals surface area contributed by atoms with E-state index in [0.29, 0.717) is 0 Å². The molecule has 0 radical (unpaired) electrons.